The van der Waals surface area contributed by atoms with Crippen LogP contribution in [0.3, 0.4) is 0 Å². The quantitative estimate of drug-likeness (QED) is 0.564. The molecule has 0 bridgehead atoms. The third-order valence-corrected chi connectivity index (χ3v) is 4.16. The molecule has 0 aliphatic heterocycles. The standard InChI is InChI=1S/C12H24N4O4S/c1-3-6-16-10-11(12(13)15-16)21(17,18)14-5-4-7-20-9-8-19-2/h10,14H,3-9H2,1-2H3,(H2,13,15). The Morgan fingerprint density at radius 2 is 2.14 bits per heavy atom. The van der Waals surface area contributed by atoms with E-state index in [1.54, 1.807) is 7.11 Å². The molecule has 0 unspecified atom stereocenters. The molecule has 0 spiro atoms. The molecule has 0 radical (unpaired) electrons. The molecule has 0 fully saturated rings. The lowest BCUT2D eigenvalue weighted by atomic mass is 10.5. The maximum Gasteiger partial charge on any atom is 0.245 e. The van der Waals surface area contributed by atoms with Gasteiger partial charge in [0.1, 0.15) is 4.90 Å². The smallest absolute Gasteiger partial charge is 0.245 e. The van der Waals surface area contributed by atoms with E-state index in [1.807, 2.05) is 6.92 Å². The molecular formula is C12H24N4O4S. The summed E-state index contributed by atoms with van der Waals surface area (Å²) in [6.45, 7) is 4.39. The summed E-state index contributed by atoms with van der Waals surface area (Å²) in [6.07, 6.45) is 2.88. The first kappa shape index (κ1) is 17.9. The van der Waals surface area contributed by atoms with E-state index in [1.165, 1.54) is 10.9 Å². The summed E-state index contributed by atoms with van der Waals surface area (Å²) in [5.74, 6) is 0.0206. The molecule has 9 heteroatoms. The predicted octanol–water partition coefficient (Wildman–Crippen LogP) is 0.207. The number of ether oxygens (including phenoxy) is 2. The van der Waals surface area contributed by atoms with Gasteiger partial charge >= 0.3 is 0 Å². The highest BCUT2D eigenvalue weighted by Crippen LogP contribution is 2.16. The van der Waals surface area contributed by atoms with Gasteiger partial charge in [0.05, 0.1) is 13.2 Å². The number of sulfonamides is 1. The third kappa shape index (κ3) is 6.00. The Morgan fingerprint density at radius 1 is 1.38 bits per heavy atom. The van der Waals surface area contributed by atoms with Crippen LogP contribution >= 0.6 is 0 Å². The van der Waals surface area contributed by atoms with Gasteiger partial charge in [0, 0.05) is 33.0 Å². The molecule has 0 aliphatic carbocycles. The van der Waals surface area contributed by atoms with E-state index in [9.17, 15) is 8.42 Å². The minimum absolute atomic E-state index is 0.0206. The monoisotopic (exact) mass is 320 g/mol. The SMILES string of the molecule is CCCn1cc(S(=O)(=O)NCCCOCCOC)c(N)n1. The summed E-state index contributed by atoms with van der Waals surface area (Å²) >= 11 is 0. The second-order valence-corrected chi connectivity index (χ2v) is 6.23. The Kier molecular flexibility index (Phi) is 7.65. The Balaban J connectivity index is 2.43. The number of anilines is 1. The average molecular weight is 320 g/mol. The molecule has 1 aromatic rings. The molecule has 3 N–H and O–H groups in total. The summed E-state index contributed by atoms with van der Waals surface area (Å²) in [6, 6.07) is 0. The van der Waals surface area contributed by atoms with Crippen LogP contribution in [0.25, 0.3) is 0 Å². The van der Waals surface area contributed by atoms with Crippen molar-refractivity contribution in [2.24, 2.45) is 0 Å². The molecular weight excluding hydrogens is 296 g/mol. The molecule has 1 aromatic heterocycles. The van der Waals surface area contributed by atoms with Crippen molar-refractivity contribution in [3.8, 4) is 0 Å². The Morgan fingerprint density at radius 3 is 2.81 bits per heavy atom. The van der Waals surface area contributed by atoms with E-state index >= 15 is 0 Å². The Labute approximate surface area is 125 Å². The zero-order valence-corrected chi connectivity index (χ0v) is 13.4. The molecule has 0 aromatic carbocycles. The van der Waals surface area contributed by atoms with Crippen LogP contribution in [0.5, 0.6) is 0 Å². The number of nitrogens with one attached hydrogen (secondary N) is 1. The van der Waals surface area contributed by atoms with Crippen LogP contribution in [-0.2, 0) is 26.0 Å². The van der Waals surface area contributed by atoms with Crippen molar-refractivity contribution in [3.05, 3.63) is 6.20 Å². The molecule has 0 saturated heterocycles. The number of aromatic nitrogens is 2. The highest BCUT2D eigenvalue weighted by molar-refractivity contribution is 7.89. The first-order valence-electron chi connectivity index (χ1n) is 6.90. The lowest BCUT2D eigenvalue weighted by molar-refractivity contribution is 0.0699. The van der Waals surface area contributed by atoms with Crippen LogP contribution in [-0.4, -0.2) is 51.7 Å². The van der Waals surface area contributed by atoms with Crippen LogP contribution in [0.1, 0.15) is 19.8 Å². The van der Waals surface area contributed by atoms with Crippen molar-refractivity contribution in [3.63, 3.8) is 0 Å². The Bertz CT molecular complexity index is 515. The number of nitrogen functional groups attached to an aromatic ring is 1. The molecule has 0 amide bonds. The first-order chi connectivity index (χ1) is 10.0. The van der Waals surface area contributed by atoms with Crippen LogP contribution in [0, 0.1) is 0 Å². The second-order valence-electron chi connectivity index (χ2n) is 4.50. The summed E-state index contributed by atoms with van der Waals surface area (Å²) < 4.78 is 38.3. The van der Waals surface area contributed by atoms with E-state index in [0.717, 1.165) is 6.42 Å². The van der Waals surface area contributed by atoms with E-state index in [-0.39, 0.29) is 17.3 Å². The zero-order chi connectivity index (χ0) is 15.7. The van der Waals surface area contributed by atoms with Crippen molar-refractivity contribution in [2.45, 2.75) is 31.2 Å². The van der Waals surface area contributed by atoms with Crippen molar-refractivity contribution < 1.29 is 17.9 Å². The van der Waals surface area contributed by atoms with Crippen LogP contribution in [0.4, 0.5) is 5.82 Å². The number of nitrogens with zero attached hydrogens (tertiary/aromatic N) is 2. The summed E-state index contributed by atoms with van der Waals surface area (Å²) in [5.41, 5.74) is 5.65. The Hall–Kier alpha value is -1.16. The summed E-state index contributed by atoms with van der Waals surface area (Å²) in [7, 11) is -2.03. The lowest BCUT2D eigenvalue weighted by Crippen LogP contribution is -2.26. The van der Waals surface area contributed by atoms with Crippen molar-refractivity contribution >= 4 is 15.8 Å². The molecule has 0 aliphatic rings. The fourth-order valence-electron chi connectivity index (χ4n) is 1.67. The summed E-state index contributed by atoms with van der Waals surface area (Å²) in [5, 5.41) is 3.98. The van der Waals surface area contributed by atoms with Gasteiger partial charge in [0.2, 0.25) is 10.0 Å². The zero-order valence-electron chi connectivity index (χ0n) is 12.5. The number of methoxy groups -OCH3 is 1. The van der Waals surface area contributed by atoms with E-state index in [4.69, 9.17) is 15.2 Å². The van der Waals surface area contributed by atoms with Gasteiger partial charge in [-0.2, -0.15) is 5.10 Å². The number of hydrogen-bond acceptors (Lipinski definition) is 6. The minimum atomic E-state index is -3.62. The number of rotatable bonds is 11. The van der Waals surface area contributed by atoms with Crippen LogP contribution in [0.2, 0.25) is 0 Å². The molecule has 0 atom stereocenters. The van der Waals surface area contributed by atoms with Gasteiger partial charge in [-0.05, 0) is 12.8 Å². The van der Waals surface area contributed by atoms with E-state index < -0.39 is 10.0 Å². The topological polar surface area (TPSA) is 108 Å². The van der Waals surface area contributed by atoms with Gasteiger partial charge in [-0.25, -0.2) is 13.1 Å². The van der Waals surface area contributed by atoms with Gasteiger partial charge in [-0.3, -0.25) is 4.68 Å². The van der Waals surface area contributed by atoms with Crippen molar-refractivity contribution in [1.82, 2.24) is 14.5 Å². The fraction of sp³-hybridized carbons (Fsp3) is 0.750. The minimum Gasteiger partial charge on any atom is -0.382 e. The predicted molar refractivity (Wildman–Crippen MR) is 79.4 cm³/mol. The lowest BCUT2D eigenvalue weighted by Gasteiger charge is -2.06. The molecule has 122 valence electrons. The van der Waals surface area contributed by atoms with E-state index in [0.29, 0.717) is 32.8 Å². The third-order valence-electron chi connectivity index (χ3n) is 2.69. The largest absolute Gasteiger partial charge is 0.382 e. The molecule has 8 nitrogen and oxygen atoms in total. The average Bonchev–Trinajstić information content (AvgIpc) is 2.80. The molecule has 21 heavy (non-hydrogen) atoms. The maximum atomic E-state index is 12.1. The highest BCUT2D eigenvalue weighted by atomic mass is 32.2. The molecule has 1 heterocycles. The number of aryl methyl sites for hydroxylation is 1. The van der Waals surface area contributed by atoms with Crippen LogP contribution < -0.4 is 10.5 Å². The van der Waals surface area contributed by atoms with Gasteiger partial charge in [0.25, 0.3) is 0 Å². The second kappa shape index (κ2) is 8.98. The fourth-order valence-corrected chi connectivity index (χ4v) is 2.82. The van der Waals surface area contributed by atoms with Crippen molar-refractivity contribution in [1.29, 1.82) is 0 Å². The van der Waals surface area contributed by atoms with Gasteiger partial charge < -0.3 is 15.2 Å². The molecule has 0 saturated carbocycles. The molecule has 1 rings (SSSR count). The highest BCUT2D eigenvalue weighted by Gasteiger charge is 2.20. The van der Waals surface area contributed by atoms with Gasteiger partial charge in [-0.15, -0.1) is 0 Å². The van der Waals surface area contributed by atoms with Gasteiger partial charge in [0.15, 0.2) is 5.82 Å². The maximum absolute atomic E-state index is 12.1. The van der Waals surface area contributed by atoms with Gasteiger partial charge in [-0.1, -0.05) is 6.92 Å². The van der Waals surface area contributed by atoms with Crippen molar-refractivity contribution in [2.75, 3.05) is 39.2 Å². The number of hydrogen-bond donors (Lipinski definition) is 2. The summed E-state index contributed by atoms with van der Waals surface area (Å²) in [4.78, 5) is 0.0243. The van der Waals surface area contributed by atoms with Crippen LogP contribution in [0.15, 0.2) is 11.1 Å². The normalized spacial score (nSPS) is 11.9. The van der Waals surface area contributed by atoms with E-state index in [2.05, 4.69) is 9.82 Å². The number of nitrogens with two attached hydrogens (primary N) is 1. The first-order valence-corrected chi connectivity index (χ1v) is 8.39.